The lowest BCUT2D eigenvalue weighted by Crippen LogP contribution is -2.40. The first kappa shape index (κ1) is 9.64. The number of likely N-dealkylation sites (tertiary alicyclic amines) is 1. The third-order valence-electron chi connectivity index (χ3n) is 4.31. The van der Waals surface area contributed by atoms with Crippen molar-refractivity contribution in [3.63, 3.8) is 0 Å². The summed E-state index contributed by atoms with van der Waals surface area (Å²) in [6, 6.07) is 1.07. The Morgan fingerprint density at radius 1 is 1.33 bits per heavy atom. The molecule has 3 rings (SSSR count). The molecule has 3 atom stereocenters. The number of nitrogens with one attached hydrogen (secondary N) is 1. The van der Waals surface area contributed by atoms with E-state index in [1.165, 1.54) is 32.1 Å². The number of carbonyl (C=O) groups excluding carboxylic acids is 1. The van der Waals surface area contributed by atoms with Gasteiger partial charge in [0, 0.05) is 25.0 Å². The Morgan fingerprint density at radius 3 is 2.87 bits per heavy atom. The maximum atomic E-state index is 12.1. The van der Waals surface area contributed by atoms with Crippen molar-refractivity contribution >= 4 is 5.91 Å². The normalized spacial score (nSPS) is 38.9. The number of fused-ring (bicyclic) bond motifs is 2. The maximum Gasteiger partial charge on any atom is 0.224 e. The number of nitrogens with zero attached hydrogens (tertiary/aromatic N) is 1. The lowest BCUT2D eigenvalue weighted by atomic mass is 10.1. The Balaban J connectivity index is 1.56. The monoisotopic (exact) mass is 208 g/mol. The highest BCUT2D eigenvalue weighted by Crippen LogP contribution is 2.37. The first-order valence-corrected chi connectivity index (χ1v) is 6.36. The fourth-order valence-electron chi connectivity index (χ4n) is 3.49. The Labute approximate surface area is 91.2 Å². The van der Waals surface area contributed by atoms with Crippen molar-refractivity contribution in [1.82, 2.24) is 10.2 Å². The summed E-state index contributed by atoms with van der Waals surface area (Å²) in [5.74, 6) is 1.23. The quantitative estimate of drug-likeness (QED) is 0.738. The highest BCUT2D eigenvalue weighted by molar-refractivity contribution is 5.77. The molecule has 0 aromatic carbocycles. The standard InChI is InChI=1S/C12H20N2O/c15-12(7-10-2-1-5-13-10)14-8-9-3-4-11(14)6-9/h9-11,13H,1-8H2. The smallest absolute Gasteiger partial charge is 0.224 e. The molecule has 15 heavy (non-hydrogen) atoms. The van der Waals surface area contributed by atoms with Crippen LogP contribution in [0.2, 0.25) is 0 Å². The molecule has 0 aromatic rings. The Hall–Kier alpha value is -0.570. The van der Waals surface area contributed by atoms with Gasteiger partial charge in [-0.2, -0.15) is 0 Å². The topological polar surface area (TPSA) is 32.3 Å². The van der Waals surface area contributed by atoms with E-state index in [1.54, 1.807) is 0 Å². The average Bonchev–Trinajstić information content (AvgIpc) is 2.93. The molecule has 1 aliphatic carbocycles. The van der Waals surface area contributed by atoms with Crippen molar-refractivity contribution < 1.29 is 4.79 Å². The minimum absolute atomic E-state index is 0.404. The molecule has 0 radical (unpaired) electrons. The van der Waals surface area contributed by atoms with E-state index in [2.05, 4.69) is 10.2 Å². The van der Waals surface area contributed by atoms with Gasteiger partial charge in [-0.1, -0.05) is 0 Å². The number of piperidine rings is 1. The van der Waals surface area contributed by atoms with Crippen LogP contribution in [0.15, 0.2) is 0 Å². The van der Waals surface area contributed by atoms with Crippen LogP contribution in [0.1, 0.15) is 38.5 Å². The van der Waals surface area contributed by atoms with Gasteiger partial charge in [0.2, 0.25) is 5.91 Å². The predicted molar refractivity (Wildman–Crippen MR) is 58.5 cm³/mol. The van der Waals surface area contributed by atoms with E-state index in [0.29, 0.717) is 18.0 Å². The van der Waals surface area contributed by atoms with Gasteiger partial charge < -0.3 is 10.2 Å². The Kier molecular flexibility index (Phi) is 2.43. The molecule has 1 amide bonds. The van der Waals surface area contributed by atoms with Crippen molar-refractivity contribution in [1.29, 1.82) is 0 Å². The molecular formula is C12H20N2O. The third-order valence-corrected chi connectivity index (χ3v) is 4.31. The van der Waals surface area contributed by atoms with E-state index < -0.39 is 0 Å². The van der Waals surface area contributed by atoms with Gasteiger partial charge in [0.15, 0.2) is 0 Å². The number of rotatable bonds is 2. The fourth-order valence-corrected chi connectivity index (χ4v) is 3.49. The van der Waals surface area contributed by atoms with Crippen LogP contribution in [-0.4, -0.2) is 36.0 Å². The van der Waals surface area contributed by atoms with Crippen LogP contribution in [0, 0.1) is 5.92 Å². The second-order valence-electron chi connectivity index (χ2n) is 5.38. The molecular weight excluding hydrogens is 188 g/mol. The zero-order valence-electron chi connectivity index (χ0n) is 9.24. The van der Waals surface area contributed by atoms with Gasteiger partial charge in [0.25, 0.3) is 0 Å². The zero-order chi connectivity index (χ0) is 10.3. The largest absolute Gasteiger partial charge is 0.339 e. The zero-order valence-corrected chi connectivity index (χ0v) is 9.24. The molecule has 1 N–H and O–H groups in total. The molecule has 2 bridgehead atoms. The van der Waals surface area contributed by atoms with Gasteiger partial charge in [-0.25, -0.2) is 0 Å². The second kappa shape index (κ2) is 3.78. The lowest BCUT2D eigenvalue weighted by Gasteiger charge is -2.28. The first-order chi connectivity index (χ1) is 7.33. The molecule has 3 fully saturated rings. The average molecular weight is 208 g/mol. The van der Waals surface area contributed by atoms with E-state index in [0.717, 1.165) is 25.4 Å². The minimum atomic E-state index is 0.404. The Morgan fingerprint density at radius 2 is 2.27 bits per heavy atom. The number of hydrogen-bond acceptors (Lipinski definition) is 2. The third kappa shape index (κ3) is 1.78. The van der Waals surface area contributed by atoms with Gasteiger partial charge in [0.05, 0.1) is 0 Å². The van der Waals surface area contributed by atoms with Crippen molar-refractivity contribution in [2.75, 3.05) is 13.1 Å². The van der Waals surface area contributed by atoms with Crippen LogP contribution < -0.4 is 5.32 Å². The second-order valence-corrected chi connectivity index (χ2v) is 5.38. The van der Waals surface area contributed by atoms with Gasteiger partial charge in [-0.3, -0.25) is 4.79 Å². The fraction of sp³-hybridized carbons (Fsp3) is 0.917. The number of carbonyl (C=O) groups is 1. The summed E-state index contributed by atoms with van der Waals surface area (Å²) in [5.41, 5.74) is 0. The summed E-state index contributed by atoms with van der Waals surface area (Å²) >= 11 is 0. The van der Waals surface area contributed by atoms with E-state index in [9.17, 15) is 4.79 Å². The summed E-state index contributed by atoms with van der Waals surface area (Å²) in [5, 5.41) is 3.41. The van der Waals surface area contributed by atoms with E-state index in [-0.39, 0.29) is 0 Å². The van der Waals surface area contributed by atoms with Crippen LogP contribution in [-0.2, 0) is 4.79 Å². The van der Waals surface area contributed by atoms with Gasteiger partial charge in [-0.15, -0.1) is 0 Å². The molecule has 3 unspecified atom stereocenters. The minimum Gasteiger partial charge on any atom is -0.339 e. The van der Waals surface area contributed by atoms with Crippen molar-refractivity contribution in [2.45, 2.75) is 50.6 Å². The Bertz CT molecular complexity index is 260. The van der Waals surface area contributed by atoms with Crippen molar-refractivity contribution in [3.8, 4) is 0 Å². The highest BCUT2D eigenvalue weighted by atomic mass is 16.2. The van der Waals surface area contributed by atoms with Crippen LogP contribution in [0.25, 0.3) is 0 Å². The molecule has 2 heterocycles. The van der Waals surface area contributed by atoms with Gasteiger partial charge >= 0.3 is 0 Å². The first-order valence-electron chi connectivity index (χ1n) is 6.36. The summed E-state index contributed by atoms with van der Waals surface area (Å²) in [7, 11) is 0. The molecule has 3 nitrogen and oxygen atoms in total. The summed E-state index contributed by atoms with van der Waals surface area (Å²) in [6.07, 6.45) is 7.06. The molecule has 3 aliphatic rings. The molecule has 2 saturated heterocycles. The van der Waals surface area contributed by atoms with E-state index in [4.69, 9.17) is 0 Å². The van der Waals surface area contributed by atoms with Crippen LogP contribution >= 0.6 is 0 Å². The number of hydrogen-bond donors (Lipinski definition) is 1. The van der Waals surface area contributed by atoms with E-state index in [1.807, 2.05) is 0 Å². The summed E-state index contributed by atoms with van der Waals surface area (Å²) < 4.78 is 0. The summed E-state index contributed by atoms with van der Waals surface area (Å²) in [4.78, 5) is 14.2. The maximum absolute atomic E-state index is 12.1. The van der Waals surface area contributed by atoms with Gasteiger partial charge in [0.1, 0.15) is 0 Å². The molecule has 2 aliphatic heterocycles. The van der Waals surface area contributed by atoms with Crippen LogP contribution in [0.4, 0.5) is 0 Å². The summed E-state index contributed by atoms with van der Waals surface area (Å²) in [6.45, 7) is 2.15. The highest BCUT2D eigenvalue weighted by Gasteiger charge is 2.40. The molecule has 1 saturated carbocycles. The predicted octanol–water partition coefficient (Wildman–Crippen LogP) is 1.14. The molecule has 0 aromatic heterocycles. The van der Waals surface area contributed by atoms with Crippen molar-refractivity contribution in [3.05, 3.63) is 0 Å². The SMILES string of the molecule is O=C(CC1CCCN1)N1CC2CCC1C2. The molecule has 0 spiro atoms. The van der Waals surface area contributed by atoms with Crippen molar-refractivity contribution in [2.24, 2.45) is 5.92 Å². The van der Waals surface area contributed by atoms with Gasteiger partial charge in [-0.05, 0) is 44.6 Å². The van der Waals surface area contributed by atoms with E-state index >= 15 is 0 Å². The van der Waals surface area contributed by atoms with Crippen LogP contribution in [0.3, 0.4) is 0 Å². The lowest BCUT2D eigenvalue weighted by molar-refractivity contribution is -0.133. The molecule has 84 valence electrons. The van der Waals surface area contributed by atoms with Crippen LogP contribution in [0.5, 0.6) is 0 Å². The molecule has 3 heteroatoms. The number of amides is 1.